The molecule has 0 aliphatic heterocycles. The lowest BCUT2D eigenvalue weighted by Crippen LogP contribution is -1.77. The number of hydrogen-bond acceptors (Lipinski definition) is 2. The SMILES string of the molecule is Cc1[nH]ncc1C=O.Cl. The highest BCUT2D eigenvalue weighted by Crippen LogP contribution is 1.95. The average molecular weight is 147 g/mol. The Balaban J connectivity index is 0.000000640. The number of aromatic nitrogens is 2. The van der Waals surface area contributed by atoms with Crippen LogP contribution in [-0.4, -0.2) is 16.5 Å². The molecule has 0 saturated heterocycles. The maximum Gasteiger partial charge on any atom is 0.153 e. The topological polar surface area (TPSA) is 45.8 Å². The molecule has 0 unspecified atom stereocenters. The second-order valence-electron chi connectivity index (χ2n) is 1.57. The number of aryl methyl sites for hydroxylation is 1. The van der Waals surface area contributed by atoms with E-state index in [0.29, 0.717) is 5.56 Å². The summed E-state index contributed by atoms with van der Waals surface area (Å²) in [6.07, 6.45) is 2.28. The molecule has 1 heterocycles. The molecule has 1 aromatic rings. The molecule has 0 radical (unpaired) electrons. The molecule has 0 aliphatic rings. The highest BCUT2D eigenvalue weighted by molar-refractivity contribution is 5.85. The molecule has 50 valence electrons. The third-order valence-electron chi connectivity index (χ3n) is 0.996. The van der Waals surface area contributed by atoms with Crippen LogP contribution in [0.3, 0.4) is 0 Å². The van der Waals surface area contributed by atoms with Crippen molar-refractivity contribution in [2.24, 2.45) is 0 Å². The van der Waals surface area contributed by atoms with Crippen LogP contribution in [0, 0.1) is 6.92 Å². The van der Waals surface area contributed by atoms with E-state index in [2.05, 4.69) is 10.2 Å². The molecule has 1 N–H and O–H groups in total. The monoisotopic (exact) mass is 146 g/mol. The molecule has 0 amide bonds. The Labute approximate surface area is 58.9 Å². The standard InChI is InChI=1S/C5H6N2O.ClH/c1-4-5(3-8)2-6-7-4;/h2-3H,1H3,(H,6,7);1H. The Kier molecular flexibility index (Phi) is 2.95. The lowest BCUT2D eigenvalue weighted by atomic mass is 10.3. The number of carbonyl (C=O) groups is 1. The summed E-state index contributed by atoms with van der Waals surface area (Å²) in [5.74, 6) is 0. The van der Waals surface area contributed by atoms with E-state index in [9.17, 15) is 4.79 Å². The summed E-state index contributed by atoms with van der Waals surface area (Å²) in [5, 5.41) is 6.27. The van der Waals surface area contributed by atoms with Gasteiger partial charge in [0.15, 0.2) is 6.29 Å². The van der Waals surface area contributed by atoms with Crippen LogP contribution in [0.5, 0.6) is 0 Å². The predicted molar refractivity (Wildman–Crippen MR) is 36.0 cm³/mol. The van der Waals surface area contributed by atoms with E-state index in [0.717, 1.165) is 12.0 Å². The third-order valence-corrected chi connectivity index (χ3v) is 0.996. The first-order valence-corrected chi connectivity index (χ1v) is 2.29. The molecule has 0 spiro atoms. The van der Waals surface area contributed by atoms with Gasteiger partial charge in [0.05, 0.1) is 11.8 Å². The molecule has 4 heteroatoms. The average Bonchev–Trinajstić information content (AvgIpc) is 2.14. The van der Waals surface area contributed by atoms with Crippen molar-refractivity contribution in [3.05, 3.63) is 17.5 Å². The lowest BCUT2D eigenvalue weighted by molar-refractivity contribution is 0.112. The van der Waals surface area contributed by atoms with Crippen molar-refractivity contribution in [1.29, 1.82) is 0 Å². The van der Waals surface area contributed by atoms with Gasteiger partial charge in [-0.05, 0) is 6.92 Å². The van der Waals surface area contributed by atoms with Crippen molar-refractivity contribution >= 4 is 18.7 Å². The van der Waals surface area contributed by atoms with E-state index in [1.165, 1.54) is 6.20 Å². The van der Waals surface area contributed by atoms with Gasteiger partial charge in [-0.2, -0.15) is 5.10 Å². The third kappa shape index (κ3) is 1.54. The van der Waals surface area contributed by atoms with Gasteiger partial charge in [0.25, 0.3) is 0 Å². The Morgan fingerprint density at radius 2 is 2.44 bits per heavy atom. The first-order valence-electron chi connectivity index (χ1n) is 2.29. The molecule has 0 atom stereocenters. The number of hydrogen-bond donors (Lipinski definition) is 1. The van der Waals surface area contributed by atoms with Crippen LogP contribution in [0.2, 0.25) is 0 Å². The summed E-state index contributed by atoms with van der Waals surface area (Å²) in [4.78, 5) is 10.0. The Hall–Kier alpha value is -0.830. The number of nitrogens with one attached hydrogen (secondary N) is 1. The molecule has 9 heavy (non-hydrogen) atoms. The van der Waals surface area contributed by atoms with E-state index in [1.807, 2.05) is 0 Å². The van der Waals surface area contributed by atoms with E-state index in [4.69, 9.17) is 0 Å². The minimum atomic E-state index is 0. The lowest BCUT2D eigenvalue weighted by Gasteiger charge is -1.78. The van der Waals surface area contributed by atoms with Crippen molar-refractivity contribution in [2.75, 3.05) is 0 Å². The minimum absolute atomic E-state index is 0. The van der Waals surface area contributed by atoms with Crippen LogP contribution in [0.4, 0.5) is 0 Å². The maximum absolute atomic E-state index is 10.0. The first-order chi connectivity index (χ1) is 3.84. The zero-order valence-corrected chi connectivity index (χ0v) is 5.73. The van der Waals surface area contributed by atoms with Gasteiger partial charge in [-0.15, -0.1) is 12.4 Å². The van der Waals surface area contributed by atoms with Gasteiger partial charge in [-0.3, -0.25) is 9.89 Å². The first kappa shape index (κ1) is 8.17. The van der Waals surface area contributed by atoms with Gasteiger partial charge >= 0.3 is 0 Å². The largest absolute Gasteiger partial charge is 0.298 e. The van der Waals surface area contributed by atoms with Gasteiger partial charge in [0, 0.05) is 5.69 Å². The van der Waals surface area contributed by atoms with Crippen molar-refractivity contribution in [3.8, 4) is 0 Å². The Morgan fingerprint density at radius 3 is 2.67 bits per heavy atom. The number of nitrogens with zero attached hydrogens (tertiary/aromatic N) is 1. The Bertz CT molecular complexity index is 197. The second-order valence-corrected chi connectivity index (χ2v) is 1.57. The van der Waals surface area contributed by atoms with Crippen LogP contribution in [0.25, 0.3) is 0 Å². The molecular formula is C5H7ClN2O. The van der Waals surface area contributed by atoms with Crippen LogP contribution < -0.4 is 0 Å². The van der Waals surface area contributed by atoms with E-state index >= 15 is 0 Å². The fourth-order valence-electron chi connectivity index (χ4n) is 0.479. The van der Waals surface area contributed by atoms with Crippen molar-refractivity contribution in [2.45, 2.75) is 6.92 Å². The second kappa shape index (κ2) is 3.25. The van der Waals surface area contributed by atoms with Gasteiger partial charge < -0.3 is 0 Å². The van der Waals surface area contributed by atoms with E-state index < -0.39 is 0 Å². The number of rotatable bonds is 1. The van der Waals surface area contributed by atoms with Crippen molar-refractivity contribution in [1.82, 2.24) is 10.2 Å². The van der Waals surface area contributed by atoms with Crippen LogP contribution in [-0.2, 0) is 0 Å². The summed E-state index contributed by atoms with van der Waals surface area (Å²) >= 11 is 0. The quantitative estimate of drug-likeness (QED) is 0.600. The predicted octanol–water partition coefficient (Wildman–Crippen LogP) is 0.952. The van der Waals surface area contributed by atoms with Gasteiger partial charge in [0.2, 0.25) is 0 Å². The summed E-state index contributed by atoms with van der Waals surface area (Å²) < 4.78 is 0. The highest BCUT2D eigenvalue weighted by atomic mass is 35.5. The number of halogens is 1. The summed E-state index contributed by atoms with van der Waals surface area (Å²) in [7, 11) is 0. The fourth-order valence-corrected chi connectivity index (χ4v) is 0.479. The number of aromatic amines is 1. The fraction of sp³-hybridized carbons (Fsp3) is 0.200. The number of H-pyrrole nitrogens is 1. The number of carbonyl (C=O) groups excluding carboxylic acids is 1. The summed E-state index contributed by atoms with van der Waals surface area (Å²) in [6.45, 7) is 1.80. The van der Waals surface area contributed by atoms with Crippen molar-refractivity contribution in [3.63, 3.8) is 0 Å². The molecule has 0 aromatic carbocycles. The number of aldehydes is 1. The highest BCUT2D eigenvalue weighted by Gasteiger charge is 1.93. The van der Waals surface area contributed by atoms with E-state index in [-0.39, 0.29) is 12.4 Å². The Morgan fingerprint density at radius 1 is 1.78 bits per heavy atom. The minimum Gasteiger partial charge on any atom is -0.298 e. The van der Waals surface area contributed by atoms with Gasteiger partial charge in [-0.1, -0.05) is 0 Å². The molecule has 0 bridgehead atoms. The maximum atomic E-state index is 10.0. The van der Waals surface area contributed by atoms with Gasteiger partial charge in [0.1, 0.15) is 0 Å². The smallest absolute Gasteiger partial charge is 0.153 e. The molecule has 0 saturated carbocycles. The molecule has 3 nitrogen and oxygen atoms in total. The zero-order valence-electron chi connectivity index (χ0n) is 4.92. The van der Waals surface area contributed by atoms with E-state index in [1.54, 1.807) is 6.92 Å². The van der Waals surface area contributed by atoms with Crippen LogP contribution in [0.1, 0.15) is 16.1 Å². The van der Waals surface area contributed by atoms with Crippen LogP contribution in [0.15, 0.2) is 6.20 Å². The normalized spacial score (nSPS) is 8.11. The van der Waals surface area contributed by atoms with Crippen molar-refractivity contribution < 1.29 is 4.79 Å². The molecule has 1 aromatic heterocycles. The molecular weight excluding hydrogens is 140 g/mol. The molecule has 0 fully saturated rings. The molecule has 1 rings (SSSR count). The zero-order chi connectivity index (χ0) is 5.98. The molecule has 0 aliphatic carbocycles. The van der Waals surface area contributed by atoms with Crippen LogP contribution >= 0.6 is 12.4 Å². The summed E-state index contributed by atoms with van der Waals surface area (Å²) in [5.41, 5.74) is 1.45. The van der Waals surface area contributed by atoms with Gasteiger partial charge in [-0.25, -0.2) is 0 Å². The summed E-state index contributed by atoms with van der Waals surface area (Å²) in [6, 6.07) is 0.